The molecule has 5 heteroatoms. The Labute approximate surface area is 121 Å². The molecule has 0 radical (unpaired) electrons. The van der Waals surface area contributed by atoms with Crippen LogP contribution in [0.2, 0.25) is 0 Å². The highest BCUT2D eigenvalue weighted by atomic mass is 16.4. The number of benzene rings is 1. The molecule has 2 amide bonds. The van der Waals surface area contributed by atoms with E-state index in [4.69, 9.17) is 5.11 Å². The van der Waals surface area contributed by atoms with Crippen molar-refractivity contribution < 1.29 is 19.5 Å². The number of carboxylic acid groups (broad SMARTS) is 1. The maximum absolute atomic E-state index is 12.5. The molecule has 1 fully saturated rings. The molecule has 1 heterocycles. The molecule has 0 spiro atoms. The third-order valence-electron chi connectivity index (χ3n) is 4.12. The van der Waals surface area contributed by atoms with Crippen molar-refractivity contribution in [3.8, 4) is 0 Å². The lowest BCUT2D eigenvalue weighted by atomic mass is 9.81. The topological polar surface area (TPSA) is 74.7 Å². The number of amides is 2. The van der Waals surface area contributed by atoms with E-state index in [0.717, 1.165) is 0 Å². The van der Waals surface area contributed by atoms with E-state index in [-0.39, 0.29) is 35.1 Å². The summed E-state index contributed by atoms with van der Waals surface area (Å²) in [6, 6.07) is 5.81. The van der Waals surface area contributed by atoms with E-state index in [9.17, 15) is 14.4 Å². The largest absolute Gasteiger partial charge is 0.478 e. The fourth-order valence-corrected chi connectivity index (χ4v) is 3.01. The highest BCUT2D eigenvalue weighted by Gasteiger charge is 2.48. The Balaban J connectivity index is 1.93. The van der Waals surface area contributed by atoms with Gasteiger partial charge in [-0.25, -0.2) is 9.69 Å². The van der Waals surface area contributed by atoms with E-state index < -0.39 is 5.97 Å². The second-order valence-electron chi connectivity index (χ2n) is 5.59. The van der Waals surface area contributed by atoms with Gasteiger partial charge in [-0.15, -0.1) is 0 Å². The number of carboxylic acids is 1. The van der Waals surface area contributed by atoms with E-state index in [1.165, 1.54) is 29.2 Å². The summed E-state index contributed by atoms with van der Waals surface area (Å²) < 4.78 is 0. The van der Waals surface area contributed by atoms with Gasteiger partial charge in [0.25, 0.3) is 0 Å². The number of aromatic carboxylic acids is 1. The Morgan fingerprint density at radius 3 is 2.43 bits per heavy atom. The highest BCUT2D eigenvalue weighted by Crippen LogP contribution is 2.38. The smallest absolute Gasteiger partial charge is 0.335 e. The van der Waals surface area contributed by atoms with Crippen molar-refractivity contribution in [3.05, 3.63) is 42.0 Å². The standard InChI is InChI=1S/C16H15NO4/c1-9-2-7-12-13(8-9)15(19)17(14(12)18)11-5-3-10(4-6-11)16(20)21/h2-7,9,12-13H,8H2,1H3,(H,20,21). The van der Waals surface area contributed by atoms with Crippen LogP contribution < -0.4 is 4.90 Å². The van der Waals surface area contributed by atoms with E-state index >= 15 is 0 Å². The number of imide groups is 1. The average molecular weight is 285 g/mol. The van der Waals surface area contributed by atoms with E-state index in [0.29, 0.717) is 12.1 Å². The first-order valence-corrected chi connectivity index (χ1v) is 6.88. The Morgan fingerprint density at radius 2 is 1.81 bits per heavy atom. The average Bonchev–Trinajstić information content (AvgIpc) is 2.70. The molecule has 0 saturated carbocycles. The summed E-state index contributed by atoms with van der Waals surface area (Å²) in [5.41, 5.74) is 0.564. The molecule has 3 unspecified atom stereocenters. The van der Waals surface area contributed by atoms with Crippen LogP contribution in [0.4, 0.5) is 5.69 Å². The zero-order chi connectivity index (χ0) is 15.1. The highest BCUT2D eigenvalue weighted by molar-refractivity contribution is 6.22. The Kier molecular flexibility index (Phi) is 3.12. The summed E-state index contributed by atoms with van der Waals surface area (Å²) in [4.78, 5) is 36.9. The van der Waals surface area contributed by atoms with Gasteiger partial charge in [-0.1, -0.05) is 19.1 Å². The molecule has 3 rings (SSSR count). The van der Waals surface area contributed by atoms with Crippen LogP contribution in [-0.2, 0) is 9.59 Å². The molecule has 0 bridgehead atoms. The van der Waals surface area contributed by atoms with Crippen LogP contribution in [0.3, 0.4) is 0 Å². The van der Waals surface area contributed by atoms with Crippen LogP contribution in [0.15, 0.2) is 36.4 Å². The molecule has 1 aromatic carbocycles. The molecule has 1 aliphatic heterocycles. The zero-order valence-corrected chi connectivity index (χ0v) is 11.5. The number of hydrogen-bond donors (Lipinski definition) is 1. The number of fused-ring (bicyclic) bond motifs is 1. The van der Waals surface area contributed by atoms with Gasteiger partial charge in [0.2, 0.25) is 11.8 Å². The SMILES string of the molecule is CC1C=CC2C(=O)N(c3ccc(C(=O)O)cc3)C(=O)C2C1. The number of rotatable bonds is 2. The maximum Gasteiger partial charge on any atom is 0.335 e. The summed E-state index contributed by atoms with van der Waals surface area (Å²) in [5.74, 6) is -1.84. The Morgan fingerprint density at radius 1 is 1.14 bits per heavy atom. The Hall–Kier alpha value is -2.43. The quantitative estimate of drug-likeness (QED) is 0.667. The molecule has 1 saturated heterocycles. The number of carbonyl (C=O) groups excluding carboxylic acids is 2. The predicted molar refractivity (Wildman–Crippen MR) is 75.8 cm³/mol. The van der Waals surface area contributed by atoms with E-state index in [2.05, 4.69) is 0 Å². The molecule has 0 aromatic heterocycles. The van der Waals surface area contributed by atoms with Crippen LogP contribution in [-0.4, -0.2) is 22.9 Å². The monoisotopic (exact) mass is 285 g/mol. The number of allylic oxidation sites excluding steroid dienone is 1. The second kappa shape index (κ2) is 4.84. The van der Waals surface area contributed by atoms with Gasteiger partial charge in [0, 0.05) is 0 Å². The van der Waals surface area contributed by atoms with Crippen LogP contribution in [0, 0.1) is 17.8 Å². The normalized spacial score (nSPS) is 27.9. The lowest BCUT2D eigenvalue weighted by molar-refractivity contribution is -0.122. The van der Waals surface area contributed by atoms with Crippen LogP contribution in [0.5, 0.6) is 0 Å². The van der Waals surface area contributed by atoms with Crippen LogP contribution >= 0.6 is 0 Å². The molecule has 5 nitrogen and oxygen atoms in total. The first-order chi connectivity index (χ1) is 9.99. The van der Waals surface area contributed by atoms with Crippen molar-refractivity contribution in [3.63, 3.8) is 0 Å². The molecule has 1 aromatic rings. The fraction of sp³-hybridized carbons (Fsp3) is 0.312. The van der Waals surface area contributed by atoms with Gasteiger partial charge in [0.15, 0.2) is 0 Å². The predicted octanol–water partition coefficient (Wildman–Crippen LogP) is 2.09. The molecule has 21 heavy (non-hydrogen) atoms. The van der Waals surface area contributed by atoms with Crippen molar-refractivity contribution in [1.82, 2.24) is 0 Å². The maximum atomic E-state index is 12.5. The molecule has 108 valence electrons. The Bertz CT molecular complexity index is 647. The minimum atomic E-state index is -1.04. The molecule has 1 aliphatic carbocycles. The lowest BCUT2D eigenvalue weighted by Gasteiger charge is -2.19. The first kappa shape index (κ1) is 13.5. The van der Waals surface area contributed by atoms with Gasteiger partial charge in [0.1, 0.15) is 0 Å². The summed E-state index contributed by atoms with van der Waals surface area (Å²) in [6.07, 6.45) is 4.48. The van der Waals surface area contributed by atoms with E-state index in [1.807, 2.05) is 19.1 Å². The van der Waals surface area contributed by atoms with Crippen molar-refractivity contribution in [1.29, 1.82) is 0 Å². The van der Waals surface area contributed by atoms with Crippen molar-refractivity contribution in [2.24, 2.45) is 17.8 Å². The van der Waals surface area contributed by atoms with Gasteiger partial charge in [-0.2, -0.15) is 0 Å². The zero-order valence-electron chi connectivity index (χ0n) is 11.5. The summed E-state index contributed by atoms with van der Waals surface area (Å²) in [7, 11) is 0. The van der Waals surface area contributed by atoms with Crippen LogP contribution in [0.1, 0.15) is 23.7 Å². The van der Waals surface area contributed by atoms with E-state index in [1.54, 1.807) is 0 Å². The van der Waals surface area contributed by atoms with Crippen molar-refractivity contribution in [2.45, 2.75) is 13.3 Å². The summed E-state index contributed by atoms with van der Waals surface area (Å²) >= 11 is 0. The third-order valence-corrected chi connectivity index (χ3v) is 4.12. The first-order valence-electron chi connectivity index (χ1n) is 6.88. The van der Waals surface area contributed by atoms with Crippen molar-refractivity contribution >= 4 is 23.5 Å². The van der Waals surface area contributed by atoms with Gasteiger partial charge >= 0.3 is 5.97 Å². The summed E-state index contributed by atoms with van der Waals surface area (Å²) in [6.45, 7) is 2.02. The number of carbonyl (C=O) groups is 3. The van der Waals surface area contributed by atoms with Gasteiger partial charge in [-0.3, -0.25) is 9.59 Å². The number of hydrogen-bond acceptors (Lipinski definition) is 3. The second-order valence-corrected chi connectivity index (χ2v) is 5.59. The number of anilines is 1. The summed E-state index contributed by atoms with van der Waals surface area (Å²) in [5, 5.41) is 8.89. The van der Waals surface area contributed by atoms with Gasteiger partial charge in [-0.05, 0) is 36.6 Å². The lowest BCUT2D eigenvalue weighted by Crippen LogP contribution is -2.30. The molecule has 1 N–H and O–H groups in total. The molecular weight excluding hydrogens is 270 g/mol. The molecule has 3 atom stereocenters. The third kappa shape index (κ3) is 2.14. The van der Waals surface area contributed by atoms with Crippen LogP contribution in [0.25, 0.3) is 0 Å². The molecule has 2 aliphatic rings. The fourth-order valence-electron chi connectivity index (χ4n) is 3.01. The minimum Gasteiger partial charge on any atom is -0.478 e. The van der Waals surface area contributed by atoms with Gasteiger partial charge in [0.05, 0.1) is 23.1 Å². The molecular formula is C16H15NO4. The minimum absolute atomic E-state index is 0.128. The van der Waals surface area contributed by atoms with Crippen molar-refractivity contribution in [2.75, 3.05) is 4.90 Å². The van der Waals surface area contributed by atoms with Gasteiger partial charge < -0.3 is 5.11 Å². The number of nitrogens with zero attached hydrogens (tertiary/aromatic N) is 1.